The Balaban J connectivity index is 1.69. The van der Waals surface area contributed by atoms with Crippen LogP contribution in [0.5, 0.6) is 5.75 Å². The minimum atomic E-state index is -0.338. The molecule has 0 saturated heterocycles. The molecule has 5 heteroatoms. The molecule has 1 atom stereocenters. The second-order valence-electron chi connectivity index (χ2n) is 6.42. The van der Waals surface area contributed by atoms with Crippen LogP contribution in [0.25, 0.3) is 0 Å². The molecule has 0 radical (unpaired) electrons. The molecule has 126 valence electrons. The maximum Gasteiger partial charge on any atom is 0.337 e. The van der Waals surface area contributed by atoms with Crippen LogP contribution in [0.2, 0.25) is 0 Å². The van der Waals surface area contributed by atoms with Gasteiger partial charge in [-0.05, 0) is 31.9 Å². The SMILES string of the molecule is COC(=O)c1ccc2c(c1)OC[C@H](C)N(COC1CCCC1)C2. The first-order chi connectivity index (χ1) is 11.2. The van der Waals surface area contributed by atoms with E-state index in [1.165, 1.54) is 32.8 Å². The number of benzene rings is 1. The largest absolute Gasteiger partial charge is 0.492 e. The van der Waals surface area contributed by atoms with E-state index in [9.17, 15) is 4.79 Å². The number of carbonyl (C=O) groups is 1. The Morgan fingerprint density at radius 2 is 2.13 bits per heavy atom. The lowest BCUT2D eigenvalue weighted by Crippen LogP contribution is -2.37. The third-order valence-electron chi connectivity index (χ3n) is 4.74. The fourth-order valence-corrected chi connectivity index (χ4v) is 3.18. The quantitative estimate of drug-likeness (QED) is 0.799. The smallest absolute Gasteiger partial charge is 0.337 e. The van der Waals surface area contributed by atoms with Gasteiger partial charge in [0.25, 0.3) is 0 Å². The molecule has 1 fully saturated rings. The van der Waals surface area contributed by atoms with Gasteiger partial charge in [0.15, 0.2) is 0 Å². The van der Waals surface area contributed by atoms with Gasteiger partial charge in [0, 0.05) is 18.2 Å². The standard InChI is InChI=1S/C18H25NO4/c1-13-11-22-17-9-14(18(20)21-2)7-8-15(17)10-19(13)12-23-16-5-3-4-6-16/h7-9,13,16H,3-6,10-12H2,1-2H3/t13-/m0/s1. The minimum absolute atomic E-state index is 0.269. The Morgan fingerprint density at radius 1 is 1.35 bits per heavy atom. The molecule has 1 aliphatic carbocycles. The van der Waals surface area contributed by atoms with E-state index in [1.807, 2.05) is 6.07 Å². The fraction of sp³-hybridized carbons (Fsp3) is 0.611. The highest BCUT2D eigenvalue weighted by atomic mass is 16.5. The van der Waals surface area contributed by atoms with Crippen molar-refractivity contribution in [2.24, 2.45) is 0 Å². The van der Waals surface area contributed by atoms with Crippen molar-refractivity contribution in [1.82, 2.24) is 4.90 Å². The molecule has 23 heavy (non-hydrogen) atoms. The van der Waals surface area contributed by atoms with Gasteiger partial charge < -0.3 is 14.2 Å². The number of carbonyl (C=O) groups excluding carboxylic acids is 1. The van der Waals surface area contributed by atoms with Gasteiger partial charge in [-0.1, -0.05) is 18.9 Å². The average molecular weight is 319 g/mol. The maximum absolute atomic E-state index is 11.7. The van der Waals surface area contributed by atoms with Crippen molar-refractivity contribution in [3.8, 4) is 5.75 Å². The summed E-state index contributed by atoms with van der Waals surface area (Å²) in [7, 11) is 1.39. The number of nitrogens with zero attached hydrogens (tertiary/aromatic N) is 1. The van der Waals surface area contributed by atoms with Crippen molar-refractivity contribution in [1.29, 1.82) is 0 Å². The van der Waals surface area contributed by atoms with Gasteiger partial charge in [-0.15, -0.1) is 0 Å². The molecule has 0 bridgehead atoms. The number of rotatable bonds is 4. The summed E-state index contributed by atoms with van der Waals surface area (Å²) in [5.74, 6) is 0.429. The lowest BCUT2D eigenvalue weighted by atomic mass is 10.1. The summed E-state index contributed by atoms with van der Waals surface area (Å²) in [5, 5.41) is 0. The van der Waals surface area contributed by atoms with Crippen LogP contribution in [0.4, 0.5) is 0 Å². The lowest BCUT2D eigenvalue weighted by molar-refractivity contribution is -0.0406. The molecule has 1 aromatic carbocycles. The Kier molecular flexibility index (Phi) is 5.18. The van der Waals surface area contributed by atoms with Crippen LogP contribution in [0.1, 0.15) is 48.5 Å². The summed E-state index contributed by atoms with van der Waals surface area (Å²) in [5.41, 5.74) is 1.60. The van der Waals surface area contributed by atoms with Gasteiger partial charge in [0.1, 0.15) is 12.4 Å². The predicted molar refractivity (Wildman–Crippen MR) is 86.5 cm³/mol. The molecule has 0 N–H and O–H groups in total. The van der Waals surface area contributed by atoms with E-state index >= 15 is 0 Å². The molecule has 1 aliphatic heterocycles. The normalized spacial score (nSPS) is 22.3. The van der Waals surface area contributed by atoms with Crippen LogP contribution in [0, 0.1) is 0 Å². The second kappa shape index (κ2) is 7.32. The molecule has 0 aromatic heterocycles. The van der Waals surface area contributed by atoms with Gasteiger partial charge >= 0.3 is 5.97 Å². The number of hydrogen-bond acceptors (Lipinski definition) is 5. The zero-order valence-corrected chi connectivity index (χ0v) is 13.9. The van der Waals surface area contributed by atoms with Crippen molar-refractivity contribution in [3.63, 3.8) is 0 Å². The van der Waals surface area contributed by atoms with E-state index in [1.54, 1.807) is 12.1 Å². The Morgan fingerprint density at radius 3 is 2.87 bits per heavy atom. The third-order valence-corrected chi connectivity index (χ3v) is 4.74. The first-order valence-corrected chi connectivity index (χ1v) is 8.37. The number of methoxy groups -OCH3 is 1. The van der Waals surface area contributed by atoms with Crippen LogP contribution in [0.3, 0.4) is 0 Å². The van der Waals surface area contributed by atoms with Crippen LogP contribution in [-0.2, 0) is 16.0 Å². The molecular formula is C18H25NO4. The van der Waals surface area contributed by atoms with Gasteiger partial charge in [-0.25, -0.2) is 4.79 Å². The monoisotopic (exact) mass is 319 g/mol. The average Bonchev–Trinajstić information content (AvgIpc) is 3.04. The van der Waals surface area contributed by atoms with Crippen molar-refractivity contribution in [3.05, 3.63) is 29.3 Å². The van der Waals surface area contributed by atoms with Crippen molar-refractivity contribution in [2.45, 2.75) is 51.3 Å². The Bertz CT molecular complexity index is 554. The van der Waals surface area contributed by atoms with E-state index in [2.05, 4.69) is 11.8 Å². The maximum atomic E-state index is 11.7. The van der Waals surface area contributed by atoms with Crippen molar-refractivity contribution >= 4 is 5.97 Å². The highest BCUT2D eigenvalue weighted by Gasteiger charge is 2.24. The second-order valence-corrected chi connectivity index (χ2v) is 6.42. The summed E-state index contributed by atoms with van der Waals surface area (Å²) in [4.78, 5) is 13.9. The highest BCUT2D eigenvalue weighted by molar-refractivity contribution is 5.89. The summed E-state index contributed by atoms with van der Waals surface area (Å²) >= 11 is 0. The minimum Gasteiger partial charge on any atom is -0.492 e. The van der Waals surface area contributed by atoms with Crippen LogP contribution in [-0.4, -0.2) is 43.5 Å². The topological polar surface area (TPSA) is 48.0 Å². The molecule has 3 rings (SSSR count). The molecule has 0 amide bonds. The van der Waals surface area contributed by atoms with Gasteiger partial charge in [-0.3, -0.25) is 4.90 Å². The summed E-state index contributed by atoms with van der Waals surface area (Å²) in [6.45, 7) is 4.13. The number of ether oxygens (including phenoxy) is 3. The molecule has 1 saturated carbocycles. The third kappa shape index (κ3) is 3.85. The Hall–Kier alpha value is -1.59. The molecule has 0 unspecified atom stereocenters. The van der Waals surface area contributed by atoms with Gasteiger partial charge in [0.2, 0.25) is 0 Å². The van der Waals surface area contributed by atoms with Crippen LogP contribution >= 0.6 is 0 Å². The van der Waals surface area contributed by atoms with E-state index < -0.39 is 0 Å². The van der Waals surface area contributed by atoms with E-state index in [0.29, 0.717) is 25.0 Å². The van der Waals surface area contributed by atoms with Crippen molar-refractivity contribution < 1.29 is 19.0 Å². The van der Waals surface area contributed by atoms with Crippen LogP contribution in [0.15, 0.2) is 18.2 Å². The summed E-state index contributed by atoms with van der Waals surface area (Å²) in [6.07, 6.45) is 5.33. The lowest BCUT2D eigenvalue weighted by Gasteiger charge is -2.27. The molecule has 5 nitrogen and oxygen atoms in total. The number of fused-ring (bicyclic) bond motifs is 1. The molecule has 2 aliphatic rings. The van der Waals surface area contributed by atoms with E-state index in [4.69, 9.17) is 14.2 Å². The van der Waals surface area contributed by atoms with Gasteiger partial charge in [-0.2, -0.15) is 0 Å². The van der Waals surface area contributed by atoms with Crippen molar-refractivity contribution in [2.75, 3.05) is 20.4 Å². The predicted octanol–water partition coefficient (Wildman–Crippen LogP) is 2.97. The Labute approximate surface area is 137 Å². The number of esters is 1. The van der Waals surface area contributed by atoms with Gasteiger partial charge in [0.05, 0.1) is 25.5 Å². The summed E-state index contributed by atoms with van der Waals surface area (Å²) in [6, 6.07) is 5.78. The van der Waals surface area contributed by atoms with E-state index in [-0.39, 0.29) is 12.0 Å². The first-order valence-electron chi connectivity index (χ1n) is 8.37. The molecule has 0 spiro atoms. The molecular weight excluding hydrogens is 294 g/mol. The zero-order chi connectivity index (χ0) is 16.2. The fourth-order valence-electron chi connectivity index (χ4n) is 3.18. The molecule has 1 heterocycles. The molecule has 1 aromatic rings. The van der Waals surface area contributed by atoms with E-state index in [0.717, 1.165) is 17.9 Å². The summed E-state index contributed by atoms with van der Waals surface area (Å²) < 4.78 is 16.7. The first kappa shape index (κ1) is 16.3. The number of hydrogen-bond donors (Lipinski definition) is 0. The zero-order valence-electron chi connectivity index (χ0n) is 13.9. The van der Waals surface area contributed by atoms with Crippen LogP contribution < -0.4 is 4.74 Å². The highest BCUT2D eigenvalue weighted by Crippen LogP contribution is 2.27.